The van der Waals surface area contributed by atoms with Crippen LogP contribution in [-0.4, -0.2) is 53.2 Å². The molecule has 1 N–H and O–H groups in total. The lowest BCUT2D eigenvalue weighted by Gasteiger charge is -2.24. The first-order valence-electron chi connectivity index (χ1n) is 7.63. The van der Waals surface area contributed by atoms with Crippen LogP contribution in [-0.2, 0) is 26.2 Å². The SMILES string of the molecule is COC(=O)/C=C/CNC(=O)C1CC(=O)N(C)C1c1cnn(C)c1C. The average molecular weight is 334 g/mol. The van der Waals surface area contributed by atoms with E-state index < -0.39 is 11.9 Å². The van der Waals surface area contributed by atoms with E-state index in [0.29, 0.717) is 0 Å². The van der Waals surface area contributed by atoms with Crippen LogP contribution in [0, 0.1) is 12.8 Å². The lowest BCUT2D eigenvalue weighted by Crippen LogP contribution is -2.34. The Morgan fingerprint density at radius 2 is 2.17 bits per heavy atom. The summed E-state index contributed by atoms with van der Waals surface area (Å²) in [6.07, 6.45) is 4.61. The van der Waals surface area contributed by atoms with Gasteiger partial charge in [0.15, 0.2) is 0 Å². The van der Waals surface area contributed by atoms with Crippen molar-refractivity contribution in [1.29, 1.82) is 0 Å². The maximum Gasteiger partial charge on any atom is 0.330 e. The molecule has 1 fully saturated rings. The highest BCUT2D eigenvalue weighted by molar-refractivity contribution is 5.90. The van der Waals surface area contributed by atoms with Crippen LogP contribution in [0.15, 0.2) is 18.3 Å². The molecule has 2 heterocycles. The fourth-order valence-electron chi connectivity index (χ4n) is 2.85. The molecule has 8 nitrogen and oxygen atoms in total. The van der Waals surface area contributed by atoms with Gasteiger partial charge in [-0.3, -0.25) is 14.3 Å². The first kappa shape index (κ1) is 17.7. The fourth-order valence-corrected chi connectivity index (χ4v) is 2.85. The Morgan fingerprint density at radius 1 is 1.46 bits per heavy atom. The summed E-state index contributed by atoms with van der Waals surface area (Å²) < 4.78 is 6.20. The summed E-state index contributed by atoms with van der Waals surface area (Å²) in [6, 6.07) is -0.337. The van der Waals surface area contributed by atoms with Crippen molar-refractivity contribution >= 4 is 17.8 Å². The van der Waals surface area contributed by atoms with E-state index in [-0.39, 0.29) is 30.8 Å². The van der Waals surface area contributed by atoms with Crippen molar-refractivity contribution in [3.63, 3.8) is 0 Å². The van der Waals surface area contributed by atoms with Crippen LogP contribution in [0.1, 0.15) is 23.7 Å². The minimum atomic E-state index is -0.489. The van der Waals surface area contributed by atoms with E-state index >= 15 is 0 Å². The number of carbonyl (C=O) groups is 3. The Bertz CT molecular complexity index is 680. The van der Waals surface area contributed by atoms with Gasteiger partial charge >= 0.3 is 5.97 Å². The minimum absolute atomic E-state index is 0.0755. The molecule has 24 heavy (non-hydrogen) atoms. The van der Waals surface area contributed by atoms with E-state index in [1.807, 2.05) is 14.0 Å². The quantitative estimate of drug-likeness (QED) is 0.609. The van der Waals surface area contributed by atoms with Crippen molar-refractivity contribution in [1.82, 2.24) is 20.0 Å². The first-order chi connectivity index (χ1) is 11.4. The number of methoxy groups -OCH3 is 1. The number of amides is 2. The smallest absolute Gasteiger partial charge is 0.330 e. The number of esters is 1. The molecule has 2 amide bonds. The predicted molar refractivity (Wildman–Crippen MR) is 85.7 cm³/mol. The maximum absolute atomic E-state index is 12.5. The summed E-state index contributed by atoms with van der Waals surface area (Å²) in [5.41, 5.74) is 1.79. The third kappa shape index (κ3) is 3.47. The molecule has 2 atom stereocenters. The van der Waals surface area contributed by atoms with Gasteiger partial charge in [-0.1, -0.05) is 6.08 Å². The second-order valence-corrected chi connectivity index (χ2v) is 5.74. The molecule has 8 heteroatoms. The van der Waals surface area contributed by atoms with E-state index in [4.69, 9.17) is 0 Å². The Morgan fingerprint density at radius 3 is 2.75 bits per heavy atom. The van der Waals surface area contributed by atoms with Gasteiger partial charge in [0.05, 0.1) is 25.3 Å². The summed E-state index contributed by atoms with van der Waals surface area (Å²) in [5.74, 6) is -1.27. The molecule has 1 aliphatic heterocycles. The standard InChI is InChI=1S/C16H22N4O4/c1-10-12(9-18-20(10)3)15-11(8-13(21)19(15)2)16(23)17-7-5-6-14(22)24-4/h5-6,9,11,15H,7-8H2,1-4H3,(H,17,23)/b6-5+. The second kappa shape index (κ2) is 7.29. The summed E-state index contributed by atoms with van der Waals surface area (Å²) in [6.45, 7) is 2.11. The van der Waals surface area contributed by atoms with Gasteiger partial charge < -0.3 is 15.0 Å². The number of hydrogen-bond donors (Lipinski definition) is 1. The van der Waals surface area contributed by atoms with Crippen molar-refractivity contribution in [2.75, 3.05) is 20.7 Å². The van der Waals surface area contributed by atoms with Crippen LogP contribution in [0.25, 0.3) is 0 Å². The van der Waals surface area contributed by atoms with Gasteiger partial charge in [-0.2, -0.15) is 5.10 Å². The monoisotopic (exact) mass is 334 g/mol. The number of rotatable bonds is 5. The fraction of sp³-hybridized carbons (Fsp3) is 0.500. The molecule has 0 aliphatic carbocycles. The van der Waals surface area contributed by atoms with Gasteiger partial charge in [-0.05, 0) is 6.92 Å². The zero-order chi connectivity index (χ0) is 17.9. The number of carbonyl (C=O) groups excluding carboxylic acids is 3. The van der Waals surface area contributed by atoms with Crippen LogP contribution in [0.3, 0.4) is 0 Å². The van der Waals surface area contributed by atoms with Gasteiger partial charge in [-0.25, -0.2) is 4.79 Å². The van der Waals surface area contributed by atoms with E-state index in [1.165, 1.54) is 19.3 Å². The highest BCUT2D eigenvalue weighted by Crippen LogP contribution is 2.38. The third-order valence-corrected chi connectivity index (χ3v) is 4.36. The lowest BCUT2D eigenvalue weighted by atomic mass is 9.93. The highest BCUT2D eigenvalue weighted by Gasteiger charge is 2.43. The molecule has 0 spiro atoms. The van der Waals surface area contributed by atoms with Crippen molar-refractivity contribution in [2.24, 2.45) is 13.0 Å². The number of aromatic nitrogens is 2. The molecular weight excluding hydrogens is 312 g/mol. The summed E-state index contributed by atoms with van der Waals surface area (Å²) in [4.78, 5) is 37.2. The normalized spacial score (nSPS) is 20.7. The van der Waals surface area contributed by atoms with Crippen molar-refractivity contribution in [2.45, 2.75) is 19.4 Å². The number of nitrogens with one attached hydrogen (secondary N) is 1. The molecule has 2 unspecified atom stereocenters. The molecule has 0 bridgehead atoms. The number of aryl methyl sites for hydroxylation is 1. The second-order valence-electron chi connectivity index (χ2n) is 5.74. The number of nitrogens with zero attached hydrogens (tertiary/aromatic N) is 3. The van der Waals surface area contributed by atoms with E-state index in [2.05, 4.69) is 15.2 Å². The van der Waals surface area contributed by atoms with Crippen LogP contribution in [0.5, 0.6) is 0 Å². The molecule has 0 saturated carbocycles. The molecular formula is C16H22N4O4. The lowest BCUT2D eigenvalue weighted by molar-refractivity contribution is -0.135. The largest absolute Gasteiger partial charge is 0.466 e. The van der Waals surface area contributed by atoms with E-state index in [9.17, 15) is 14.4 Å². The van der Waals surface area contributed by atoms with Crippen LogP contribution < -0.4 is 5.32 Å². The Kier molecular flexibility index (Phi) is 5.38. The Balaban J connectivity index is 2.11. The predicted octanol–water partition coefficient (Wildman–Crippen LogP) is 0.0933. The zero-order valence-corrected chi connectivity index (χ0v) is 14.3. The highest BCUT2D eigenvalue weighted by atomic mass is 16.5. The molecule has 1 saturated heterocycles. The van der Waals surface area contributed by atoms with E-state index in [1.54, 1.807) is 22.8 Å². The first-order valence-corrected chi connectivity index (χ1v) is 7.63. The topological polar surface area (TPSA) is 93.5 Å². The van der Waals surface area contributed by atoms with Crippen LogP contribution in [0.2, 0.25) is 0 Å². The molecule has 1 aromatic rings. The van der Waals surface area contributed by atoms with Crippen molar-refractivity contribution < 1.29 is 19.1 Å². The van der Waals surface area contributed by atoms with Crippen molar-refractivity contribution in [3.05, 3.63) is 29.6 Å². The molecule has 130 valence electrons. The Hall–Kier alpha value is -2.64. The van der Waals surface area contributed by atoms with Crippen molar-refractivity contribution in [3.8, 4) is 0 Å². The Labute approximate surface area is 140 Å². The van der Waals surface area contributed by atoms with Gasteiger partial charge in [0.2, 0.25) is 11.8 Å². The van der Waals surface area contributed by atoms with Gasteiger partial charge in [-0.15, -0.1) is 0 Å². The zero-order valence-electron chi connectivity index (χ0n) is 14.3. The van der Waals surface area contributed by atoms with Crippen LogP contribution >= 0.6 is 0 Å². The number of hydrogen-bond acceptors (Lipinski definition) is 5. The minimum Gasteiger partial charge on any atom is -0.466 e. The average Bonchev–Trinajstić information content (AvgIpc) is 3.04. The summed E-state index contributed by atoms with van der Waals surface area (Å²) in [7, 11) is 4.80. The van der Waals surface area contributed by atoms with E-state index in [0.717, 1.165) is 11.3 Å². The number of likely N-dealkylation sites (tertiary alicyclic amines) is 1. The third-order valence-electron chi connectivity index (χ3n) is 4.36. The summed E-state index contributed by atoms with van der Waals surface area (Å²) >= 11 is 0. The molecule has 1 aromatic heterocycles. The van der Waals surface area contributed by atoms with Gasteiger partial charge in [0.25, 0.3) is 0 Å². The molecule has 1 aliphatic rings. The van der Waals surface area contributed by atoms with Gasteiger partial charge in [0.1, 0.15) is 0 Å². The van der Waals surface area contributed by atoms with Crippen LogP contribution in [0.4, 0.5) is 0 Å². The summed E-state index contributed by atoms with van der Waals surface area (Å²) in [5, 5.41) is 6.93. The number of ether oxygens (including phenoxy) is 1. The van der Waals surface area contributed by atoms with Gasteiger partial charge in [0, 0.05) is 44.4 Å². The maximum atomic E-state index is 12.5. The molecule has 0 radical (unpaired) electrons. The molecule has 0 aromatic carbocycles. The molecule has 2 rings (SSSR count).